The second-order valence-corrected chi connectivity index (χ2v) is 5.49. The topological polar surface area (TPSA) is 80.0 Å². The Hall–Kier alpha value is -1.92. The maximum absolute atomic E-state index is 12.4. The molecule has 118 valence electrons. The molecule has 0 radical (unpaired) electrons. The van der Waals surface area contributed by atoms with Gasteiger partial charge in [-0.05, 0) is 31.0 Å². The molecule has 2 rings (SSSR count). The fourth-order valence-corrected chi connectivity index (χ4v) is 2.40. The molecule has 1 aromatic heterocycles. The van der Waals surface area contributed by atoms with Crippen LogP contribution in [0.25, 0.3) is 0 Å². The van der Waals surface area contributed by atoms with E-state index in [0.717, 1.165) is 5.82 Å². The summed E-state index contributed by atoms with van der Waals surface area (Å²) in [6.07, 6.45) is 1.86. The van der Waals surface area contributed by atoms with Crippen molar-refractivity contribution in [1.29, 1.82) is 0 Å². The first-order chi connectivity index (χ1) is 10.5. The van der Waals surface area contributed by atoms with Gasteiger partial charge in [-0.1, -0.05) is 30.7 Å². The van der Waals surface area contributed by atoms with Crippen molar-refractivity contribution < 1.29 is 9.90 Å². The van der Waals surface area contributed by atoms with Crippen molar-refractivity contribution in [3.8, 4) is 0 Å². The molecular formula is C15H19ClN4O2. The molecule has 0 saturated carbocycles. The summed E-state index contributed by atoms with van der Waals surface area (Å²) in [5.74, 6) is 0.331. The molecular weight excluding hydrogens is 304 g/mol. The predicted octanol–water partition coefficient (Wildman–Crippen LogP) is 1.65. The number of hydrogen-bond acceptors (Lipinski definition) is 4. The number of aromatic nitrogens is 3. The molecule has 6 nitrogen and oxygen atoms in total. The van der Waals surface area contributed by atoms with Gasteiger partial charge in [-0.2, -0.15) is 0 Å². The van der Waals surface area contributed by atoms with Crippen molar-refractivity contribution in [2.24, 2.45) is 0 Å². The van der Waals surface area contributed by atoms with Crippen LogP contribution >= 0.6 is 11.6 Å². The molecule has 0 aliphatic heterocycles. The molecule has 0 saturated heterocycles. The van der Waals surface area contributed by atoms with Crippen molar-refractivity contribution in [2.75, 3.05) is 6.54 Å². The summed E-state index contributed by atoms with van der Waals surface area (Å²) in [4.78, 5) is 12.4. The summed E-state index contributed by atoms with van der Waals surface area (Å²) in [6.45, 7) is 4.51. The summed E-state index contributed by atoms with van der Waals surface area (Å²) in [5.41, 5.74) is -1.10. The first kappa shape index (κ1) is 16.5. The SMILES string of the molecule is CCC(O)(C(=O)NCCn1cnnc1C)c1cccc(Cl)c1. The maximum Gasteiger partial charge on any atom is 0.256 e. The lowest BCUT2D eigenvalue weighted by molar-refractivity contribution is -0.141. The molecule has 1 heterocycles. The van der Waals surface area contributed by atoms with E-state index >= 15 is 0 Å². The van der Waals surface area contributed by atoms with E-state index in [2.05, 4.69) is 15.5 Å². The molecule has 2 aromatic rings. The highest BCUT2D eigenvalue weighted by Gasteiger charge is 2.35. The number of carbonyl (C=O) groups excluding carboxylic acids is 1. The summed E-state index contributed by atoms with van der Waals surface area (Å²) in [6, 6.07) is 6.72. The Balaban J connectivity index is 2.04. The van der Waals surface area contributed by atoms with Crippen LogP contribution in [0.1, 0.15) is 24.7 Å². The molecule has 1 amide bonds. The highest BCUT2D eigenvalue weighted by molar-refractivity contribution is 6.30. The zero-order chi connectivity index (χ0) is 16.2. The fourth-order valence-electron chi connectivity index (χ4n) is 2.21. The van der Waals surface area contributed by atoms with Crippen LogP contribution < -0.4 is 5.32 Å². The van der Waals surface area contributed by atoms with E-state index in [9.17, 15) is 9.90 Å². The predicted molar refractivity (Wildman–Crippen MR) is 83.4 cm³/mol. The monoisotopic (exact) mass is 322 g/mol. The number of nitrogens with zero attached hydrogens (tertiary/aromatic N) is 3. The minimum absolute atomic E-state index is 0.255. The number of amides is 1. The molecule has 1 unspecified atom stereocenters. The van der Waals surface area contributed by atoms with Crippen LogP contribution in [0.15, 0.2) is 30.6 Å². The van der Waals surface area contributed by atoms with Crippen LogP contribution in [0.2, 0.25) is 5.02 Å². The average molecular weight is 323 g/mol. The molecule has 22 heavy (non-hydrogen) atoms. The van der Waals surface area contributed by atoms with E-state index in [1.165, 1.54) is 0 Å². The summed E-state index contributed by atoms with van der Waals surface area (Å²) >= 11 is 5.94. The van der Waals surface area contributed by atoms with Crippen LogP contribution in [0.3, 0.4) is 0 Å². The Morgan fingerprint density at radius 3 is 2.86 bits per heavy atom. The second kappa shape index (κ2) is 6.89. The highest BCUT2D eigenvalue weighted by Crippen LogP contribution is 2.27. The number of nitrogens with one attached hydrogen (secondary N) is 1. The molecule has 0 fully saturated rings. The van der Waals surface area contributed by atoms with Gasteiger partial charge in [-0.25, -0.2) is 0 Å². The Morgan fingerprint density at radius 2 is 2.27 bits per heavy atom. The first-order valence-corrected chi connectivity index (χ1v) is 7.46. The number of hydrogen-bond donors (Lipinski definition) is 2. The zero-order valence-corrected chi connectivity index (χ0v) is 13.3. The van der Waals surface area contributed by atoms with Crippen LogP contribution in [0.4, 0.5) is 0 Å². The van der Waals surface area contributed by atoms with E-state index < -0.39 is 11.5 Å². The van der Waals surface area contributed by atoms with Crippen molar-refractivity contribution in [3.05, 3.63) is 47.0 Å². The molecule has 2 N–H and O–H groups in total. The number of benzene rings is 1. The Bertz CT molecular complexity index is 658. The Labute approximate surface area is 134 Å². The standard InChI is InChI=1S/C15H19ClN4O2/c1-3-15(22,12-5-4-6-13(16)9-12)14(21)17-7-8-20-10-18-19-11(20)2/h4-6,9-10,22H,3,7-8H2,1-2H3,(H,17,21). The van der Waals surface area contributed by atoms with Crippen molar-refractivity contribution in [1.82, 2.24) is 20.1 Å². The molecule has 0 aliphatic rings. The van der Waals surface area contributed by atoms with Crippen molar-refractivity contribution >= 4 is 17.5 Å². The Morgan fingerprint density at radius 1 is 1.50 bits per heavy atom. The lowest BCUT2D eigenvalue weighted by Gasteiger charge is -2.26. The van der Waals surface area contributed by atoms with Crippen molar-refractivity contribution in [2.45, 2.75) is 32.4 Å². The van der Waals surface area contributed by atoms with Gasteiger partial charge in [-0.3, -0.25) is 4.79 Å². The van der Waals surface area contributed by atoms with Gasteiger partial charge in [0.05, 0.1) is 0 Å². The van der Waals surface area contributed by atoms with E-state index in [-0.39, 0.29) is 6.42 Å². The van der Waals surface area contributed by atoms with Crippen LogP contribution in [-0.2, 0) is 16.9 Å². The maximum atomic E-state index is 12.4. The highest BCUT2D eigenvalue weighted by atomic mass is 35.5. The molecule has 1 aromatic carbocycles. The van der Waals surface area contributed by atoms with Gasteiger partial charge in [0, 0.05) is 18.1 Å². The van der Waals surface area contributed by atoms with E-state index in [1.54, 1.807) is 37.5 Å². The number of aryl methyl sites for hydroxylation is 1. The largest absolute Gasteiger partial charge is 0.375 e. The van der Waals surface area contributed by atoms with Gasteiger partial charge >= 0.3 is 0 Å². The summed E-state index contributed by atoms with van der Waals surface area (Å²) < 4.78 is 1.82. The van der Waals surface area contributed by atoms with Gasteiger partial charge < -0.3 is 15.0 Å². The molecule has 7 heteroatoms. The molecule has 0 spiro atoms. The number of aliphatic hydroxyl groups is 1. The molecule has 0 aliphatic carbocycles. The Kier molecular flexibility index (Phi) is 5.15. The average Bonchev–Trinajstić information content (AvgIpc) is 2.91. The van der Waals surface area contributed by atoms with Gasteiger partial charge in [0.15, 0.2) is 5.60 Å². The minimum atomic E-state index is -1.59. The van der Waals surface area contributed by atoms with Crippen LogP contribution in [-0.4, -0.2) is 32.3 Å². The fraction of sp³-hybridized carbons (Fsp3) is 0.400. The number of rotatable bonds is 6. The molecule has 1 atom stereocenters. The zero-order valence-electron chi connectivity index (χ0n) is 12.6. The number of carbonyl (C=O) groups is 1. The molecule has 0 bridgehead atoms. The minimum Gasteiger partial charge on any atom is -0.375 e. The van der Waals surface area contributed by atoms with E-state index in [0.29, 0.717) is 23.7 Å². The summed E-state index contributed by atoms with van der Waals surface area (Å²) in [7, 11) is 0. The van der Waals surface area contributed by atoms with Crippen LogP contribution in [0, 0.1) is 6.92 Å². The third kappa shape index (κ3) is 3.45. The second-order valence-electron chi connectivity index (χ2n) is 5.05. The normalized spacial score (nSPS) is 13.6. The lowest BCUT2D eigenvalue weighted by atomic mass is 9.90. The lowest BCUT2D eigenvalue weighted by Crippen LogP contribution is -2.45. The number of halogens is 1. The smallest absolute Gasteiger partial charge is 0.256 e. The van der Waals surface area contributed by atoms with Gasteiger partial charge in [0.2, 0.25) is 0 Å². The van der Waals surface area contributed by atoms with Gasteiger partial charge in [-0.15, -0.1) is 10.2 Å². The quantitative estimate of drug-likeness (QED) is 0.847. The van der Waals surface area contributed by atoms with Crippen LogP contribution in [0.5, 0.6) is 0 Å². The van der Waals surface area contributed by atoms with Gasteiger partial charge in [0.1, 0.15) is 12.2 Å². The third-order valence-electron chi connectivity index (χ3n) is 3.64. The first-order valence-electron chi connectivity index (χ1n) is 7.08. The third-order valence-corrected chi connectivity index (χ3v) is 3.87. The van der Waals surface area contributed by atoms with E-state index in [1.807, 2.05) is 11.5 Å². The summed E-state index contributed by atoms with van der Waals surface area (Å²) in [5, 5.41) is 21.6. The van der Waals surface area contributed by atoms with Crippen molar-refractivity contribution in [3.63, 3.8) is 0 Å². The van der Waals surface area contributed by atoms with E-state index in [4.69, 9.17) is 11.6 Å². The van der Waals surface area contributed by atoms with Gasteiger partial charge in [0.25, 0.3) is 5.91 Å².